The van der Waals surface area contributed by atoms with Gasteiger partial charge in [-0.1, -0.05) is 0 Å². The molecule has 1 aromatic carbocycles. The van der Waals surface area contributed by atoms with Crippen LogP contribution in [0.3, 0.4) is 0 Å². The van der Waals surface area contributed by atoms with Gasteiger partial charge in [-0.25, -0.2) is 0 Å². The fourth-order valence-corrected chi connectivity index (χ4v) is 3.92. The molecule has 3 aliphatic rings. The lowest BCUT2D eigenvalue weighted by molar-refractivity contribution is 0.0620. The Balaban J connectivity index is 1.54. The zero-order valence-electron chi connectivity index (χ0n) is 11.6. The first kappa shape index (κ1) is 13.3. The highest BCUT2D eigenvalue weighted by Gasteiger charge is 2.34. The summed E-state index contributed by atoms with van der Waals surface area (Å²) in [5, 5.41) is 4.16. The summed E-state index contributed by atoms with van der Waals surface area (Å²) in [7, 11) is 0. The summed E-state index contributed by atoms with van der Waals surface area (Å²) in [6.07, 6.45) is 4.06. The Morgan fingerprint density at radius 2 is 2.14 bits per heavy atom. The maximum atomic E-state index is 12.5. The first-order chi connectivity index (χ1) is 10.2. The highest BCUT2D eigenvalue weighted by atomic mass is 79.9. The van der Waals surface area contributed by atoms with Gasteiger partial charge in [-0.05, 0) is 66.0 Å². The van der Waals surface area contributed by atoms with E-state index in [0.717, 1.165) is 22.0 Å². The molecule has 110 valence electrons. The lowest BCUT2D eigenvalue weighted by Gasteiger charge is -2.44. The molecule has 0 aliphatic carbocycles. The number of amides is 1. The molecule has 3 fully saturated rings. The van der Waals surface area contributed by atoms with Crippen LogP contribution < -0.4 is 5.32 Å². The van der Waals surface area contributed by atoms with Crippen LogP contribution in [-0.4, -0.2) is 36.5 Å². The zero-order chi connectivity index (χ0) is 14.4. The van der Waals surface area contributed by atoms with Gasteiger partial charge in [-0.3, -0.25) is 4.79 Å². The molecule has 2 aromatic rings. The number of carbonyl (C=O) groups is 1. The number of piperidine rings is 3. The van der Waals surface area contributed by atoms with Gasteiger partial charge in [0.25, 0.3) is 5.91 Å². The number of hydrogen-bond acceptors (Lipinski definition) is 3. The van der Waals surface area contributed by atoms with Crippen molar-refractivity contribution < 1.29 is 9.21 Å². The number of benzene rings is 1. The topological polar surface area (TPSA) is 45.5 Å². The third-order valence-electron chi connectivity index (χ3n) is 4.76. The van der Waals surface area contributed by atoms with E-state index in [-0.39, 0.29) is 5.91 Å². The molecule has 21 heavy (non-hydrogen) atoms. The van der Waals surface area contributed by atoms with Crippen LogP contribution >= 0.6 is 15.9 Å². The van der Waals surface area contributed by atoms with Crippen molar-refractivity contribution in [1.29, 1.82) is 0 Å². The fourth-order valence-electron chi connectivity index (χ4n) is 3.52. The van der Waals surface area contributed by atoms with Crippen molar-refractivity contribution in [1.82, 2.24) is 10.2 Å². The van der Waals surface area contributed by atoms with Gasteiger partial charge in [0.15, 0.2) is 0 Å². The molecule has 1 atom stereocenters. The lowest BCUT2D eigenvalue weighted by atomic mass is 9.84. The van der Waals surface area contributed by atoms with E-state index in [4.69, 9.17) is 4.42 Å². The Kier molecular flexibility index (Phi) is 3.27. The summed E-state index contributed by atoms with van der Waals surface area (Å²) in [6, 6.07) is 5.86. The van der Waals surface area contributed by atoms with Crippen molar-refractivity contribution in [3.05, 3.63) is 34.5 Å². The van der Waals surface area contributed by atoms with E-state index in [1.165, 1.54) is 25.9 Å². The fraction of sp³-hybridized carbons (Fsp3) is 0.438. The second kappa shape index (κ2) is 5.14. The molecule has 0 spiro atoms. The first-order valence-electron chi connectivity index (χ1n) is 7.41. The minimum Gasteiger partial charge on any atom is -0.463 e. The second-order valence-electron chi connectivity index (χ2n) is 6.01. The van der Waals surface area contributed by atoms with E-state index in [9.17, 15) is 4.79 Å². The largest absolute Gasteiger partial charge is 0.463 e. The molecule has 1 amide bonds. The SMILES string of the molecule is O=C(N[C@H]1CN2CCC1CC2)c1ccc2occ(Br)c2c1. The molecule has 0 radical (unpaired) electrons. The van der Waals surface area contributed by atoms with E-state index in [1.54, 1.807) is 6.26 Å². The molecular weight excluding hydrogens is 332 g/mol. The van der Waals surface area contributed by atoms with Crippen LogP contribution in [0.1, 0.15) is 23.2 Å². The van der Waals surface area contributed by atoms with Gasteiger partial charge in [-0.2, -0.15) is 0 Å². The third-order valence-corrected chi connectivity index (χ3v) is 5.38. The Morgan fingerprint density at radius 3 is 2.86 bits per heavy atom. The maximum Gasteiger partial charge on any atom is 0.251 e. The van der Waals surface area contributed by atoms with Crippen LogP contribution in [0.2, 0.25) is 0 Å². The normalized spacial score (nSPS) is 28.0. The van der Waals surface area contributed by atoms with Crippen LogP contribution in [0, 0.1) is 5.92 Å². The molecule has 1 N–H and O–H groups in total. The van der Waals surface area contributed by atoms with Gasteiger partial charge in [0, 0.05) is 23.5 Å². The number of rotatable bonds is 2. The van der Waals surface area contributed by atoms with E-state index in [2.05, 4.69) is 26.1 Å². The van der Waals surface area contributed by atoms with Crippen molar-refractivity contribution >= 4 is 32.8 Å². The van der Waals surface area contributed by atoms with Crippen molar-refractivity contribution in [3.63, 3.8) is 0 Å². The van der Waals surface area contributed by atoms with E-state index in [1.807, 2.05) is 18.2 Å². The average molecular weight is 349 g/mol. The van der Waals surface area contributed by atoms with Crippen LogP contribution in [0.15, 0.2) is 33.4 Å². The summed E-state index contributed by atoms with van der Waals surface area (Å²) in [6.45, 7) is 3.37. The molecule has 0 saturated carbocycles. The molecule has 0 unspecified atom stereocenters. The van der Waals surface area contributed by atoms with E-state index >= 15 is 0 Å². The smallest absolute Gasteiger partial charge is 0.251 e. The monoisotopic (exact) mass is 348 g/mol. The van der Waals surface area contributed by atoms with E-state index < -0.39 is 0 Å². The predicted molar refractivity (Wildman–Crippen MR) is 84.3 cm³/mol. The van der Waals surface area contributed by atoms with E-state index in [0.29, 0.717) is 17.5 Å². The molecular formula is C16H17BrN2O2. The van der Waals surface area contributed by atoms with Gasteiger partial charge in [0.05, 0.1) is 4.47 Å². The maximum absolute atomic E-state index is 12.5. The number of halogens is 1. The van der Waals surface area contributed by atoms with Crippen LogP contribution in [-0.2, 0) is 0 Å². The van der Waals surface area contributed by atoms with Crippen LogP contribution in [0.5, 0.6) is 0 Å². The van der Waals surface area contributed by atoms with Crippen molar-refractivity contribution in [2.24, 2.45) is 5.92 Å². The summed E-state index contributed by atoms with van der Waals surface area (Å²) in [5.41, 5.74) is 1.49. The molecule has 4 nitrogen and oxygen atoms in total. The highest BCUT2D eigenvalue weighted by molar-refractivity contribution is 9.10. The lowest BCUT2D eigenvalue weighted by Crippen LogP contribution is -2.57. The molecule has 1 aromatic heterocycles. The van der Waals surface area contributed by atoms with Gasteiger partial charge >= 0.3 is 0 Å². The molecule has 3 aliphatic heterocycles. The minimum atomic E-state index is 0.0174. The van der Waals surface area contributed by atoms with Crippen LogP contribution in [0.4, 0.5) is 0 Å². The number of carbonyl (C=O) groups excluding carboxylic acids is 1. The van der Waals surface area contributed by atoms with Crippen molar-refractivity contribution in [2.75, 3.05) is 19.6 Å². The quantitative estimate of drug-likeness (QED) is 0.907. The average Bonchev–Trinajstić information content (AvgIpc) is 2.89. The van der Waals surface area contributed by atoms with Gasteiger partial charge in [-0.15, -0.1) is 0 Å². The van der Waals surface area contributed by atoms with Crippen LogP contribution in [0.25, 0.3) is 11.0 Å². The molecule has 4 heterocycles. The van der Waals surface area contributed by atoms with Crippen molar-refractivity contribution in [3.8, 4) is 0 Å². The summed E-state index contributed by atoms with van der Waals surface area (Å²) >= 11 is 3.44. The number of nitrogens with one attached hydrogen (secondary N) is 1. The Labute approximate surface area is 131 Å². The highest BCUT2D eigenvalue weighted by Crippen LogP contribution is 2.29. The first-order valence-corrected chi connectivity index (χ1v) is 8.20. The Morgan fingerprint density at radius 1 is 1.33 bits per heavy atom. The number of fused-ring (bicyclic) bond motifs is 4. The standard InChI is InChI=1S/C16H17BrN2O2/c17-13-9-21-15-2-1-11(7-12(13)15)16(20)18-14-8-19-5-3-10(14)4-6-19/h1-2,7,9-10,14H,3-6,8H2,(H,18,20)/t14-/m0/s1. The zero-order valence-corrected chi connectivity index (χ0v) is 13.2. The van der Waals surface area contributed by atoms with Crippen molar-refractivity contribution in [2.45, 2.75) is 18.9 Å². The predicted octanol–water partition coefficient (Wildman–Crippen LogP) is 3.02. The summed E-state index contributed by atoms with van der Waals surface area (Å²) < 4.78 is 6.27. The summed E-state index contributed by atoms with van der Waals surface area (Å²) in [4.78, 5) is 14.9. The second-order valence-corrected chi connectivity index (χ2v) is 6.87. The molecule has 2 bridgehead atoms. The minimum absolute atomic E-state index is 0.0174. The molecule has 5 rings (SSSR count). The van der Waals surface area contributed by atoms with Gasteiger partial charge < -0.3 is 14.6 Å². The number of nitrogens with zero attached hydrogens (tertiary/aromatic N) is 1. The Bertz CT molecular complexity index is 689. The molecule has 3 saturated heterocycles. The Hall–Kier alpha value is -1.33. The number of furan rings is 1. The third kappa shape index (κ3) is 2.38. The number of hydrogen-bond donors (Lipinski definition) is 1. The van der Waals surface area contributed by atoms with Gasteiger partial charge in [0.2, 0.25) is 0 Å². The van der Waals surface area contributed by atoms with Gasteiger partial charge in [0.1, 0.15) is 11.8 Å². The molecule has 5 heteroatoms. The summed E-state index contributed by atoms with van der Waals surface area (Å²) in [5.74, 6) is 0.659.